The van der Waals surface area contributed by atoms with Gasteiger partial charge in [0, 0.05) is 11.8 Å². The van der Waals surface area contributed by atoms with Crippen LogP contribution >= 0.6 is 0 Å². The van der Waals surface area contributed by atoms with E-state index in [2.05, 4.69) is 10.5 Å². The third-order valence-corrected chi connectivity index (χ3v) is 4.80. The number of amides is 1. The Morgan fingerprint density at radius 1 is 1.18 bits per heavy atom. The SMILES string of the molecule is CC(O)C(O)c1ccc(ON=C(N)NC(=O)c2cccc(S(C)(=O)=O)c2)cc1. The molecule has 1 amide bonds. The fourth-order valence-electron chi connectivity index (χ4n) is 2.19. The van der Waals surface area contributed by atoms with E-state index in [1.54, 1.807) is 12.1 Å². The van der Waals surface area contributed by atoms with Crippen LogP contribution in [-0.4, -0.2) is 42.9 Å². The lowest BCUT2D eigenvalue weighted by molar-refractivity contribution is 0.0305. The van der Waals surface area contributed by atoms with Crippen molar-refractivity contribution in [3.63, 3.8) is 0 Å². The van der Waals surface area contributed by atoms with Crippen molar-refractivity contribution >= 4 is 21.7 Å². The summed E-state index contributed by atoms with van der Waals surface area (Å²) in [4.78, 5) is 17.2. The minimum absolute atomic E-state index is 0.00591. The molecule has 10 heteroatoms. The molecule has 0 fully saturated rings. The summed E-state index contributed by atoms with van der Waals surface area (Å²) in [6, 6.07) is 11.6. The molecule has 2 atom stereocenters. The molecule has 2 aromatic rings. The Morgan fingerprint density at radius 2 is 1.82 bits per heavy atom. The van der Waals surface area contributed by atoms with Gasteiger partial charge in [-0.25, -0.2) is 8.42 Å². The van der Waals surface area contributed by atoms with Crippen molar-refractivity contribution in [3.8, 4) is 5.75 Å². The first-order valence-electron chi connectivity index (χ1n) is 8.16. The third-order valence-electron chi connectivity index (χ3n) is 3.69. The molecular formula is C18H21N3O6S. The number of nitrogens with zero attached hydrogens (tertiary/aromatic N) is 1. The van der Waals surface area contributed by atoms with Crippen molar-refractivity contribution in [3.05, 3.63) is 59.7 Å². The lowest BCUT2D eigenvalue weighted by atomic mass is 10.1. The second-order valence-electron chi connectivity index (χ2n) is 6.08. The monoisotopic (exact) mass is 407 g/mol. The van der Waals surface area contributed by atoms with E-state index >= 15 is 0 Å². The fraction of sp³-hybridized carbons (Fsp3) is 0.222. The summed E-state index contributed by atoms with van der Waals surface area (Å²) in [5.41, 5.74) is 6.20. The Hall–Kier alpha value is -2.95. The molecule has 0 heterocycles. The average molecular weight is 407 g/mol. The van der Waals surface area contributed by atoms with Crippen molar-refractivity contribution < 1.29 is 28.3 Å². The number of carbonyl (C=O) groups excluding carboxylic acids is 1. The molecule has 0 bridgehead atoms. The van der Waals surface area contributed by atoms with Gasteiger partial charge in [-0.2, -0.15) is 0 Å². The number of rotatable bonds is 6. The number of benzene rings is 2. The Morgan fingerprint density at radius 3 is 2.39 bits per heavy atom. The van der Waals surface area contributed by atoms with Crippen LogP contribution in [0.2, 0.25) is 0 Å². The summed E-state index contributed by atoms with van der Waals surface area (Å²) in [5.74, 6) is -0.689. The summed E-state index contributed by atoms with van der Waals surface area (Å²) in [5, 5.41) is 25.0. The van der Waals surface area contributed by atoms with E-state index in [4.69, 9.17) is 10.6 Å². The van der Waals surface area contributed by atoms with E-state index < -0.39 is 28.0 Å². The first kappa shape index (κ1) is 21.4. The molecule has 2 aromatic carbocycles. The zero-order chi connectivity index (χ0) is 20.9. The lowest BCUT2D eigenvalue weighted by Crippen LogP contribution is -2.37. The quantitative estimate of drug-likeness (QED) is 0.310. The highest BCUT2D eigenvalue weighted by atomic mass is 32.2. The number of nitrogens with two attached hydrogens (primary N) is 1. The van der Waals surface area contributed by atoms with Crippen LogP contribution in [0.1, 0.15) is 28.9 Å². The number of sulfone groups is 1. The molecule has 150 valence electrons. The maximum atomic E-state index is 12.2. The molecule has 0 aliphatic carbocycles. The van der Waals surface area contributed by atoms with Gasteiger partial charge in [-0.3, -0.25) is 10.1 Å². The minimum atomic E-state index is -3.45. The topological polar surface area (TPSA) is 151 Å². The standard InChI is InChI=1S/C18H21N3O6S/c1-11(22)16(23)12-6-8-14(9-7-12)27-21-18(19)20-17(24)13-4-3-5-15(10-13)28(2,25)26/h3-11,16,22-23H,1-2H3,(H3,19,20,21,24). The summed E-state index contributed by atoms with van der Waals surface area (Å²) < 4.78 is 23.1. The van der Waals surface area contributed by atoms with E-state index in [0.29, 0.717) is 5.56 Å². The average Bonchev–Trinajstić information content (AvgIpc) is 2.65. The minimum Gasteiger partial charge on any atom is -0.390 e. The zero-order valence-corrected chi connectivity index (χ0v) is 16.1. The smallest absolute Gasteiger partial charge is 0.258 e. The van der Waals surface area contributed by atoms with E-state index in [9.17, 15) is 23.4 Å². The van der Waals surface area contributed by atoms with Gasteiger partial charge in [0.2, 0.25) is 5.96 Å². The van der Waals surface area contributed by atoms with Crippen molar-refractivity contribution in [1.82, 2.24) is 5.32 Å². The van der Waals surface area contributed by atoms with Gasteiger partial charge < -0.3 is 20.8 Å². The maximum absolute atomic E-state index is 12.2. The van der Waals surface area contributed by atoms with Crippen LogP contribution in [0, 0.1) is 0 Å². The highest BCUT2D eigenvalue weighted by molar-refractivity contribution is 7.90. The van der Waals surface area contributed by atoms with Crippen molar-refractivity contribution in [2.24, 2.45) is 10.9 Å². The lowest BCUT2D eigenvalue weighted by Gasteiger charge is -2.13. The predicted octanol–water partition coefficient (Wildman–Crippen LogP) is 0.543. The number of hydrogen-bond acceptors (Lipinski definition) is 7. The first-order valence-corrected chi connectivity index (χ1v) is 10.0. The Bertz CT molecular complexity index is 971. The van der Waals surface area contributed by atoms with Gasteiger partial charge in [0.05, 0.1) is 11.0 Å². The number of nitrogens with one attached hydrogen (secondary N) is 1. The summed E-state index contributed by atoms with van der Waals surface area (Å²) in [7, 11) is -3.45. The van der Waals surface area contributed by atoms with Crippen LogP contribution < -0.4 is 15.9 Å². The van der Waals surface area contributed by atoms with Gasteiger partial charge in [-0.05, 0) is 48.0 Å². The highest BCUT2D eigenvalue weighted by Gasteiger charge is 2.14. The summed E-state index contributed by atoms with van der Waals surface area (Å²) >= 11 is 0. The Balaban J connectivity index is 2.02. The second kappa shape index (κ2) is 8.83. The van der Waals surface area contributed by atoms with Gasteiger partial charge in [0.25, 0.3) is 5.91 Å². The molecule has 0 aromatic heterocycles. The summed E-state index contributed by atoms with van der Waals surface area (Å²) in [6.07, 6.45) is -0.902. The fourth-order valence-corrected chi connectivity index (χ4v) is 2.85. The molecule has 0 saturated carbocycles. The normalized spacial score (nSPS) is 14.2. The highest BCUT2D eigenvalue weighted by Crippen LogP contribution is 2.20. The van der Waals surface area contributed by atoms with E-state index in [1.165, 1.54) is 43.3 Å². The van der Waals surface area contributed by atoms with Crippen LogP contribution in [0.5, 0.6) is 5.75 Å². The molecule has 9 nitrogen and oxygen atoms in total. The molecule has 0 saturated heterocycles. The van der Waals surface area contributed by atoms with Crippen molar-refractivity contribution in [2.45, 2.75) is 24.0 Å². The van der Waals surface area contributed by atoms with Crippen LogP contribution in [0.25, 0.3) is 0 Å². The van der Waals surface area contributed by atoms with E-state index in [-0.39, 0.29) is 22.2 Å². The van der Waals surface area contributed by atoms with Gasteiger partial charge in [-0.1, -0.05) is 18.2 Å². The molecule has 0 spiro atoms. The summed E-state index contributed by atoms with van der Waals surface area (Å²) in [6.45, 7) is 1.47. The second-order valence-corrected chi connectivity index (χ2v) is 8.09. The van der Waals surface area contributed by atoms with E-state index in [1.807, 2.05) is 0 Å². The number of guanidine groups is 1. The Kier molecular flexibility index (Phi) is 6.73. The molecule has 2 unspecified atom stereocenters. The predicted molar refractivity (Wildman–Crippen MR) is 102 cm³/mol. The molecule has 2 rings (SSSR count). The van der Waals surface area contributed by atoms with Crippen LogP contribution in [0.3, 0.4) is 0 Å². The van der Waals surface area contributed by atoms with Gasteiger partial charge >= 0.3 is 0 Å². The molecule has 28 heavy (non-hydrogen) atoms. The zero-order valence-electron chi connectivity index (χ0n) is 15.2. The van der Waals surface area contributed by atoms with Crippen molar-refractivity contribution in [2.75, 3.05) is 6.26 Å². The number of oxime groups is 1. The van der Waals surface area contributed by atoms with Crippen LogP contribution in [0.4, 0.5) is 0 Å². The molecule has 5 N–H and O–H groups in total. The van der Waals surface area contributed by atoms with Gasteiger partial charge in [-0.15, -0.1) is 0 Å². The van der Waals surface area contributed by atoms with Crippen LogP contribution in [0.15, 0.2) is 58.6 Å². The molecule has 0 aliphatic rings. The third kappa shape index (κ3) is 5.78. The maximum Gasteiger partial charge on any atom is 0.258 e. The number of aliphatic hydroxyl groups excluding tert-OH is 2. The molecular weight excluding hydrogens is 386 g/mol. The van der Waals surface area contributed by atoms with Gasteiger partial charge in [0.15, 0.2) is 15.6 Å². The number of carbonyl (C=O) groups is 1. The largest absolute Gasteiger partial charge is 0.390 e. The number of hydrogen-bond donors (Lipinski definition) is 4. The molecule has 0 radical (unpaired) electrons. The van der Waals surface area contributed by atoms with Crippen molar-refractivity contribution in [1.29, 1.82) is 0 Å². The van der Waals surface area contributed by atoms with Crippen LogP contribution in [-0.2, 0) is 9.84 Å². The number of aliphatic hydroxyl groups is 2. The first-order chi connectivity index (χ1) is 13.1. The van der Waals surface area contributed by atoms with Gasteiger partial charge in [0.1, 0.15) is 6.10 Å². The van der Waals surface area contributed by atoms with E-state index in [0.717, 1.165) is 6.26 Å². The Labute approximate surface area is 162 Å². The molecule has 0 aliphatic heterocycles.